The van der Waals surface area contributed by atoms with Crippen molar-refractivity contribution in [2.75, 3.05) is 14.2 Å². The van der Waals surface area contributed by atoms with E-state index in [4.69, 9.17) is 9.47 Å². The van der Waals surface area contributed by atoms with E-state index in [9.17, 15) is 9.59 Å². The molecule has 0 heterocycles. The van der Waals surface area contributed by atoms with Crippen LogP contribution in [0, 0.1) is 10.8 Å². The van der Waals surface area contributed by atoms with Crippen LogP contribution >= 0.6 is 0 Å². The summed E-state index contributed by atoms with van der Waals surface area (Å²) in [6.45, 7) is 5.57. The minimum atomic E-state index is -0.489. The molecule has 0 aromatic carbocycles. The van der Waals surface area contributed by atoms with Crippen LogP contribution in [0.1, 0.15) is 40.0 Å². The molecular weight excluding hydrogens is 246 g/mol. The normalized spacial score (nSPS) is 41.3. The Morgan fingerprint density at radius 1 is 1.16 bits per heavy atom. The van der Waals surface area contributed by atoms with E-state index in [1.54, 1.807) is 11.9 Å². The predicted octanol–water partition coefficient (Wildman–Crippen LogP) is 1.95. The van der Waals surface area contributed by atoms with Crippen molar-refractivity contribution >= 4 is 12.1 Å². The van der Waals surface area contributed by atoms with Crippen molar-refractivity contribution in [1.82, 2.24) is 4.90 Å². The molecule has 3 atom stereocenters. The number of hydrogen-bond donors (Lipinski definition) is 0. The molecule has 0 aromatic heterocycles. The molecule has 0 saturated heterocycles. The second-order valence-corrected chi connectivity index (χ2v) is 7.26. The summed E-state index contributed by atoms with van der Waals surface area (Å²) in [4.78, 5) is 25.6. The van der Waals surface area contributed by atoms with Gasteiger partial charge in [0.1, 0.15) is 5.60 Å². The fourth-order valence-electron chi connectivity index (χ4n) is 4.22. The molecule has 0 N–H and O–H groups in total. The summed E-state index contributed by atoms with van der Waals surface area (Å²) >= 11 is 0. The number of ether oxygens (including phenoxy) is 2. The van der Waals surface area contributed by atoms with E-state index in [0.29, 0.717) is 0 Å². The van der Waals surface area contributed by atoms with Gasteiger partial charge in [-0.1, -0.05) is 0 Å². The van der Waals surface area contributed by atoms with E-state index in [0.717, 1.165) is 19.3 Å². The van der Waals surface area contributed by atoms with Gasteiger partial charge in [-0.2, -0.15) is 0 Å². The maximum absolute atomic E-state index is 12.1. The number of carbonyl (C=O) groups excluding carboxylic acids is 2. The smallest absolute Gasteiger partial charge is 0.410 e. The maximum Gasteiger partial charge on any atom is 0.410 e. The number of hydrogen-bond acceptors (Lipinski definition) is 4. The fraction of sp³-hybridized carbons (Fsp3) is 0.857. The molecule has 1 amide bonds. The Hall–Kier alpha value is -1.26. The molecule has 3 fully saturated rings. The van der Waals surface area contributed by atoms with E-state index >= 15 is 0 Å². The minimum absolute atomic E-state index is 0.00124. The average Bonchev–Trinajstić information content (AvgIpc) is 3.06. The zero-order chi connectivity index (χ0) is 14.3. The number of carbonyl (C=O) groups is 2. The lowest BCUT2D eigenvalue weighted by molar-refractivity contribution is -0.152. The average molecular weight is 267 g/mol. The molecule has 106 valence electrons. The molecule has 3 saturated carbocycles. The van der Waals surface area contributed by atoms with Crippen molar-refractivity contribution in [2.24, 2.45) is 10.8 Å². The highest BCUT2D eigenvalue weighted by Gasteiger charge is 3.01. The topological polar surface area (TPSA) is 55.8 Å². The van der Waals surface area contributed by atoms with Crippen LogP contribution in [0.2, 0.25) is 0 Å². The van der Waals surface area contributed by atoms with Gasteiger partial charge in [0.05, 0.1) is 18.1 Å². The third kappa shape index (κ3) is 1.26. The fourth-order valence-corrected chi connectivity index (χ4v) is 4.22. The Morgan fingerprint density at radius 2 is 1.79 bits per heavy atom. The molecule has 0 aromatic rings. The lowest BCUT2D eigenvalue weighted by atomic mass is 9.79. The summed E-state index contributed by atoms with van der Waals surface area (Å²) in [6.07, 6.45) is 2.20. The standard InChI is InChI=1S/C14H21NO4/c1-11(2,3)19-10(17)15(4)14-7-12(9(16)18-5)6-13(12,14)8-14/h6-8H2,1-5H3. The van der Waals surface area contributed by atoms with Crippen molar-refractivity contribution in [3.63, 3.8) is 0 Å². The minimum Gasteiger partial charge on any atom is -0.469 e. The molecule has 3 unspecified atom stereocenters. The van der Waals surface area contributed by atoms with Gasteiger partial charge in [-0.25, -0.2) is 4.79 Å². The molecule has 1 spiro atoms. The SMILES string of the molecule is COC(=O)C12CC3(N(C)C(=O)OC(C)(C)C)CC13C2. The van der Waals surface area contributed by atoms with Gasteiger partial charge in [0, 0.05) is 12.5 Å². The van der Waals surface area contributed by atoms with Crippen LogP contribution in [-0.2, 0) is 14.3 Å². The lowest BCUT2D eigenvalue weighted by Gasteiger charge is -2.39. The number of rotatable bonds is 2. The first kappa shape index (κ1) is 12.8. The summed E-state index contributed by atoms with van der Waals surface area (Å²) < 4.78 is 10.3. The summed E-state index contributed by atoms with van der Waals surface area (Å²) in [7, 11) is 3.21. The highest BCUT2D eigenvalue weighted by molar-refractivity contribution is 5.89. The van der Waals surface area contributed by atoms with E-state index < -0.39 is 5.60 Å². The van der Waals surface area contributed by atoms with Crippen LogP contribution in [0.5, 0.6) is 0 Å². The number of nitrogens with zero attached hydrogens (tertiary/aromatic N) is 1. The van der Waals surface area contributed by atoms with Crippen LogP contribution in [0.4, 0.5) is 4.79 Å². The van der Waals surface area contributed by atoms with E-state index in [2.05, 4.69) is 0 Å². The summed E-state index contributed by atoms with van der Waals surface area (Å²) in [6, 6.07) is 0. The van der Waals surface area contributed by atoms with E-state index in [1.807, 2.05) is 20.8 Å². The monoisotopic (exact) mass is 267 g/mol. The summed E-state index contributed by atoms with van der Waals surface area (Å²) in [5, 5.41) is 0. The summed E-state index contributed by atoms with van der Waals surface area (Å²) in [5.41, 5.74) is -0.933. The highest BCUT2D eigenvalue weighted by Crippen LogP contribution is 2.97. The third-order valence-electron chi connectivity index (χ3n) is 5.23. The lowest BCUT2D eigenvalue weighted by Crippen LogP contribution is -2.51. The Kier molecular flexibility index (Phi) is 2.06. The first-order valence-corrected chi connectivity index (χ1v) is 6.69. The second kappa shape index (κ2) is 3.07. The molecule has 0 bridgehead atoms. The molecular formula is C14H21NO4. The molecule has 3 aliphatic rings. The van der Waals surface area contributed by atoms with Crippen molar-refractivity contribution in [1.29, 1.82) is 0 Å². The van der Waals surface area contributed by atoms with E-state index in [-0.39, 0.29) is 28.4 Å². The third-order valence-corrected chi connectivity index (χ3v) is 5.23. The maximum atomic E-state index is 12.1. The molecule has 5 heteroatoms. The largest absolute Gasteiger partial charge is 0.469 e. The van der Waals surface area contributed by atoms with Gasteiger partial charge in [-0.15, -0.1) is 0 Å². The Bertz CT molecular complexity index is 482. The van der Waals surface area contributed by atoms with Gasteiger partial charge < -0.3 is 14.4 Å². The Morgan fingerprint density at radius 3 is 2.26 bits per heavy atom. The van der Waals surface area contributed by atoms with Crippen LogP contribution in [0.3, 0.4) is 0 Å². The number of amides is 1. The van der Waals surface area contributed by atoms with Crippen molar-refractivity contribution < 1.29 is 19.1 Å². The molecule has 3 aliphatic carbocycles. The van der Waals surface area contributed by atoms with Crippen LogP contribution in [0.15, 0.2) is 0 Å². The van der Waals surface area contributed by atoms with Crippen molar-refractivity contribution in [3.8, 4) is 0 Å². The van der Waals surface area contributed by atoms with Gasteiger partial charge >= 0.3 is 12.1 Å². The van der Waals surface area contributed by atoms with Crippen LogP contribution in [-0.4, -0.2) is 42.3 Å². The summed E-state index contributed by atoms with van der Waals surface area (Å²) in [5.74, 6) is -0.113. The van der Waals surface area contributed by atoms with Crippen LogP contribution < -0.4 is 0 Å². The number of methoxy groups -OCH3 is 1. The number of esters is 1. The first-order valence-electron chi connectivity index (χ1n) is 6.69. The van der Waals surface area contributed by atoms with Gasteiger partial charge in [0.15, 0.2) is 0 Å². The van der Waals surface area contributed by atoms with Crippen LogP contribution in [0.25, 0.3) is 0 Å². The predicted molar refractivity (Wildman–Crippen MR) is 67.5 cm³/mol. The molecule has 0 aliphatic heterocycles. The molecule has 19 heavy (non-hydrogen) atoms. The highest BCUT2D eigenvalue weighted by atomic mass is 16.6. The zero-order valence-corrected chi connectivity index (χ0v) is 12.2. The second-order valence-electron chi connectivity index (χ2n) is 7.26. The van der Waals surface area contributed by atoms with Crippen molar-refractivity contribution in [2.45, 2.75) is 51.2 Å². The molecule has 3 rings (SSSR count). The van der Waals surface area contributed by atoms with Gasteiger partial charge in [-0.05, 0) is 40.0 Å². The molecule has 5 nitrogen and oxygen atoms in total. The molecule has 0 radical (unpaired) electrons. The Labute approximate surface area is 113 Å². The van der Waals surface area contributed by atoms with Gasteiger partial charge in [-0.3, -0.25) is 4.79 Å². The Balaban J connectivity index is 1.69. The zero-order valence-electron chi connectivity index (χ0n) is 12.2. The van der Waals surface area contributed by atoms with Gasteiger partial charge in [0.25, 0.3) is 0 Å². The van der Waals surface area contributed by atoms with E-state index in [1.165, 1.54) is 7.11 Å². The van der Waals surface area contributed by atoms with Crippen molar-refractivity contribution in [3.05, 3.63) is 0 Å². The first-order chi connectivity index (χ1) is 8.64. The quantitative estimate of drug-likeness (QED) is 0.718. The van der Waals surface area contributed by atoms with Gasteiger partial charge in [0.2, 0.25) is 0 Å².